The van der Waals surface area contributed by atoms with Crippen molar-refractivity contribution >= 4 is 6.29 Å². The first kappa shape index (κ1) is 22.1. The molecule has 0 aliphatic rings. The van der Waals surface area contributed by atoms with Crippen LogP contribution in [0.3, 0.4) is 0 Å². The zero-order valence-electron chi connectivity index (χ0n) is 9.53. The Kier molecular flexibility index (Phi) is 9.47. The third kappa shape index (κ3) is 12.3. The van der Waals surface area contributed by atoms with Gasteiger partial charge in [0.05, 0.1) is 0 Å². The minimum Gasteiger partial charge on any atom is -0.346 e. The van der Waals surface area contributed by atoms with Crippen molar-refractivity contribution in [2.75, 3.05) is 20.0 Å². The predicted molar refractivity (Wildman–Crippen MR) is 42.5 cm³/mol. The van der Waals surface area contributed by atoms with E-state index >= 15 is 0 Å². The lowest BCUT2D eigenvalue weighted by Crippen LogP contribution is -2.47. The first-order chi connectivity index (χ1) is 9.25. The Bertz CT molecular complexity index is 299. The molecule has 0 saturated heterocycles. The fraction of sp³-hybridized carbons (Fsp3) is 0.857. The van der Waals surface area contributed by atoms with Crippen molar-refractivity contribution in [1.82, 2.24) is 0 Å². The Balaban J connectivity index is 0. The van der Waals surface area contributed by atoms with Crippen LogP contribution in [-0.4, -0.2) is 44.5 Å². The van der Waals surface area contributed by atoms with Crippen LogP contribution >= 0.6 is 0 Å². The van der Waals surface area contributed by atoms with Gasteiger partial charge in [0.25, 0.3) is 0 Å². The number of ether oxygens (including phenoxy) is 2. The van der Waals surface area contributed by atoms with Crippen LogP contribution in [0.4, 0.5) is 48.8 Å². The van der Waals surface area contributed by atoms with Gasteiger partial charge in [-0.1, -0.05) is 0 Å². The van der Waals surface area contributed by atoms with Gasteiger partial charge in [0.15, 0.2) is 13.4 Å². The largest absolute Gasteiger partial charge is 0.483 e. The van der Waals surface area contributed by atoms with Crippen LogP contribution in [0.1, 0.15) is 0 Å². The van der Waals surface area contributed by atoms with Crippen molar-refractivity contribution in [1.29, 1.82) is 0 Å². The van der Waals surface area contributed by atoms with Gasteiger partial charge in [-0.2, -0.15) is 35.7 Å². The lowest BCUT2D eigenvalue weighted by molar-refractivity contribution is -0.380. The standard InChI is InChI=1S/C6H6F8O3.CF2O/c7-4(1-17-14,6(11,12)13)16-3-15-2-5(8,9)10;2-1(3)4/h1-3H2;. The summed E-state index contributed by atoms with van der Waals surface area (Å²) < 4.78 is 121. The molecule has 0 fully saturated rings. The van der Waals surface area contributed by atoms with Gasteiger partial charge < -0.3 is 9.47 Å². The summed E-state index contributed by atoms with van der Waals surface area (Å²) in [5, 5.41) is 0. The molecule has 0 aliphatic heterocycles. The summed E-state index contributed by atoms with van der Waals surface area (Å²) in [6.07, 6.45) is -13.3. The summed E-state index contributed by atoms with van der Waals surface area (Å²) in [4.78, 5) is 10.5. The normalized spacial score (nSPS) is 15.0. The van der Waals surface area contributed by atoms with Crippen molar-refractivity contribution in [3.05, 3.63) is 0 Å². The summed E-state index contributed by atoms with van der Waals surface area (Å²) in [6, 6.07) is 0. The highest BCUT2D eigenvalue weighted by Gasteiger charge is 2.58. The molecule has 128 valence electrons. The van der Waals surface area contributed by atoms with Crippen LogP contribution in [-0.2, 0) is 14.4 Å². The van der Waals surface area contributed by atoms with Gasteiger partial charge in [-0.15, -0.1) is 8.78 Å². The number of hydrogen-bond acceptors (Lipinski definition) is 4. The van der Waals surface area contributed by atoms with Gasteiger partial charge in [0, 0.05) is 0 Å². The molecule has 21 heavy (non-hydrogen) atoms. The second kappa shape index (κ2) is 8.99. The second-order valence-corrected chi connectivity index (χ2v) is 2.93. The molecule has 0 saturated carbocycles. The molecule has 0 rings (SSSR count). The molecule has 0 bridgehead atoms. The molecule has 0 aromatic rings. The Hall–Kier alpha value is -1.15. The Labute approximate surface area is 109 Å². The maximum atomic E-state index is 12.8. The van der Waals surface area contributed by atoms with E-state index in [-0.39, 0.29) is 0 Å². The second-order valence-electron chi connectivity index (χ2n) is 2.93. The van der Waals surface area contributed by atoms with Crippen molar-refractivity contribution in [2.24, 2.45) is 0 Å². The maximum Gasteiger partial charge on any atom is 0.483 e. The van der Waals surface area contributed by atoms with Crippen molar-refractivity contribution in [3.63, 3.8) is 0 Å². The van der Waals surface area contributed by atoms with E-state index in [0.29, 0.717) is 0 Å². The maximum absolute atomic E-state index is 12.8. The lowest BCUT2D eigenvalue weighted by Gasteiger charge is -2.25. The Morgan fingerprint density at radius 3 is 1.62 bits per heavy atom. The number of carbonyl (C=O) groups is 1. The van der Waals surface area contributed by atoms with Crippen LogP contribution in [0.2, 0.25) is 0 Å². The van der Waals surface area contributed by atoms with E-state index < -0.39 is 44.5 Å². The van der Waals surface area contributed by atoms with Gasteiger partial charge >= 0.3 is 24.5 Å². The third-order valence-electron chi connectivity index (χ3n) is 1.30. The highest BCUT2D eigenvalue weighted by atomic mass is 19.4. The van der Waals surface area contributed by atoms with E-state index in [4.69, 9.17) is 4.79 Å². The molecule has 0 heterocycles. The predicted octanol–water partition coefficient (Wildman–Crippen LogP) is 3.71. The monoisotopic (exact) mass is 344 g/mol. The molecule has 0 amide bonds. The van der Waals surface area contributed by atoms with Crippen LogP contribution in [0.15, 0.2) is 0 Å². The van der Waals surface area contributed by atoms with Gasteiger partial charge in [0.1, 0.15) is 6.61 Å². The quantitative estimate of drug-likeness (QED) is 0.319. The molecule has 4 nitrogen and oxygen atoms in total. The van der Waals surface area contributed by atoms with E-state index in [1.54, 1.807) is 0 Å². The molecular weight excluding hydrogens is 338 g/mol. The molecule has 1 atom stereocenters. The summed E-state index contributed by atoms with van der Waals surface area (Å²) in [5.74, 6) is -4.58. The molecule has 1 unspecified atom stereocenters. The highest BCUT2D eigenvalue weighted by molar-refractivity contribution is 5.55. The minimum absolute atomic E-state index is 1.67. The van der Waals surface area contributed by atoms with Gasteiger partial charge in [-0.3, -0.25) is 0 Å². The molecule has 0 aromatic carbocycles. The van der Waals surface area contributed by atoms with Crippen molar-refractivity contribution in [2.45, 2.75) is 18.2 Å². The fourth-order valence-electron chi connectivity index (χ4n) is 0.568. The van der Waals surface area contributed by atoms with Crippen LogP contribution in [0.25, 0.3) is 0 Å². The van der Waals surface area contributed by atoms with Crippen LogP contribution in [0.5, 0.6) is 0 Å². The van der Waals surface area contributed by atoms with Crippen LogP contribution in [0, 0.1) is 0 Å². The molecule has 14 heteroatoms. The number of rotatable bonds is 6. The van der Waals surface area contributed by atoms with Crippen molar-refractivity contribution < 1.29 is 63.2 Å². The number of alkyl halides is 7. The minimum atomic E-state index is -5.68. The molecular formula is C7H6F10O4. The van der Waals surface area contributed by atoms with Gasteiger partial charge in [-0.05, 0) is 4.53 Å². The van der Waals surface area contributed by atoms with Crippen LogP contribution < -0.4 is 0 Å². The number of carbonyl (C=O) groups excluding carboxylic acids is 1. The summed E-state index contributed by atoms with van der Waals surface area (Å²) in [7, 11) is 0. The average molecular weight is 344 g/mol. The molecule has 0 N–H and O–H groups in total. The lowest BCUT2D eigenvalue weighted by atomic mass is 10.3. The Morgan fingerprint density at radius 1 is 0.905 bits per heavy atom. The molecule has 0 radical (unpaired) electrons. The number of hydrogen-bond donors (Lipinski definition) is 0. The first-order valence-corrected chi connectivity index (χ1v) is 4.38. The molecule has 0 aromatic heterocycles. The summed E-state index contributed by atoms with van der Waals surface area (Å²) in [6.45, 7) is -5.78. The SMILES string of the molecule is FOCC(F)(OCOCC(F)(F)F)C(F)(F)F.O=C(F)F. The number of halogens is 10. The van der Waals surface area contributed by atoms with E-state index in [9.17, 15) is 44.0 Å². The topological polar surface area (TPSA) is 44.8 Å². The van der Waals surface area contributed by atoms with E-state index in [1.807, 2.05) is 0 Å². The smallest absolute Gasteiger partial charge is 0.346 e. The zero-order valence-corrected chi connectivity index (χ0v) is 9.53. The fourth-order valence-corrected chi connectivity index (χ4v) is 0.568. The third-order valence-corrected chi connectivity index (χ3v) is 1.30. The summed E-state index contributed by atoms with van der Waals surface area (Å²) >= 11 is 0. The van der Waals surface area contributed by atoms with E-state index in [1.165, 1.54) is 0 Å². The highest BCUT2D eigenvalue weighted by Crippen LogP contribution is 2.35. The molecule has 0 aliphatic carbocycles. The summed E-state index contributed by atoms with van der Waals surface area (Å²) in [5.41, 5.74) is 0. The van der Waals surface area contributed by atoms with E-state index in [2.05, 4.69) is 14.4 Å². The Morgan fingerprint density at radius 2 is 1.33 bits per heavy atom. The van der Waals surface area contributed by atoms with Gasteiger partial charge in [0.2, 0.25) is 0 Å². The molecule has 0 spiro atoms. The zero-order chi connectivity index (χ0) is 17.3. The van der Waals surface area contributed by atoms with E-state index in [0.717, 1.165) is 0 Å². The van der Waals surface area contributed by atoms with Crippen molar-refractivity contribution in [3.8, 4) is 0 Å². The van der Waals surface area contributed by atoms with Gasteiger partial charge in [-0.25, -0.2) is 4.79 Å². The average Bonchev–Trinajstić information content (AvgIpc) is 2.21. The first-order valence-electron chi connectivity index (χ1n) is 4.38.